The van der Waals surface area contributed by atoms with Crippen molar-refractivity contribution in [2.75, 3.05) is 7.05 Å². The molecule has 2 aromatic carbocycles. The Kier molecular flexibility index (Phi) is 4.18. The van der Waals surface area contributed by atoms with E-state index >= 15 is 0 Å². The average molecular weight is 382 g/mol. The molecule has 0 saturated carbocycles. The van der Waals surface area contributed by atoms with Gasteiger partial charge in [-0.05, 0) is 42.1 Å². The molecule has 1 atom stereocenters. The molecule has 4 rings (SSSR count). The van der Waals surface area contributed by atoms with Crippen molar-refractivity contribution in [3.05, 3.63) is 76.0 Å². The Morgan fingerprint density at radius 2 is 1.82 bits per heavy atom. The Hall–Kier alpha value is -3.55. The van der Waals surface area contributed by atoms with Crippen molar-refractivity contribution in [1.29, 1.82) is 0 Å². The third kappa shape index (κ3) is 2.83. The summed E-state index contributed by atoms with van der Waals surface area (Å²) in [4.78, 5) is 36.1. The molecule has 1 unspecified atom stereocenters. The Morgan fingerprint density at radius 1 is 1.14 bits per heavy atom. The minimum Gasteiger partial charge on any atom is -0.334 e. The van der Waals surface area contributed by atoms with E-state index in [9.17, 15) is 18.4 Å². The van der Waals surface area contributed by atoms with E-state index in [1.807, 2.05) is 18.2 Å². The summed E-state index contributed by atoms with van der Waals surface area (Å²) in [5.74, 6) is -2.36. The summed E-state index contributed by atoms with van der Waals surface area (Å²) in [6.45, 7) is 1.73. The number of fused-ring (bicyclic) bond motifs is 2. The standard InChI is InChI=1S/C20H16F2N4O2/c1-10(13-9-23-19(27)12-8-15(22)14(21)7-11(12)13)26(2)20(28)18-24-16-5-3-4-6-17(16)25-18/h3-10H,1-2H3,(H,23,27)(H,24,25). The summed E-state index contributed by atoms with van der Waals surface area (Å²) in [5, 5.41) is 0.271. The van der Waals surface area contributed by atoms with Crippen LogP contribution in [-0.2, 0) is 0 Å². The number of imidazole rings is 1. The van der Waals surface area contributed by atoms with Gasteiger partial charge in [0.25, 0.3) is 11.5 Å². The molecule has 2 N–H and O–H groups in total. The van der Waals surface area contributed by atoms with Crippen LogP contribution in [0.15, 0.2) is 47.4 Å². The monoisotopic (exact) mass is 382 g/mol. The number of hydrogen-bond donors (Lipinski definition) is 2. The van der Waals surface area contributed by atoms with Crippen molar-refractivity contribution in [3.8, 4) is 0 Å². The highest BCUT2D eigenvalue weighted by atomic mass is 19.2. The third-order valence-electron chi connectivity index (χ3n) is 4.92. The van der Waals surface area contributed by atoms with E-state index < -0.39 is 23.2 Å². The molecule has 0 fully saturated rings. The molecule has 0 saturated heterocycles. The number of aromatic amines is 2. The van der Waals surface area contributed by atoms with Crippen molar-refractivity contribution in [2.45, 2.75) is 13.0 Å². The van der Waals surface area contributed by atoms with Crippen molar-refractivity contribution < 1.29 is 13.6 Å². The fraction of sp³-hybridized carbons (Fsp3) is 0.150. The quantitative estimate of drug-likeness (QED) is 0.569. The lowest BCUT2D eigenvalue weighted by Crippen LogP contribution is -2.31. The zero-order chi connectivity index (χ0) is 20.0. The summed E-state index contributed by atoms with van der Waals surface area (Å²) in [7, 11) is 1.58. The lowest BCUT2D eigenvalue weighted by atomic mass is 10.0. The van der Waals surface area contributed by atoms with E-state index in [0.29, 0.717) is 11.1 Å². The van der Waals surface area contributed by atoms with Gasteiger partial charge in [-0.15, -0.1) is 0 Å². The number of nitrogens with one attached hydrogen (secondary N) is 2. The molecule has 8 heteroatoms. The zero-order valence-electron chi connectivity index (χ0n) is 15.1. The minimum atomic E-state index is -1.10. The number of rotatable bonds is 3. The second-order valence-electron chi connectivity index (χ2n) is 6.58. The maximum absolute atomic E-state index is 13.8. The van der Waals surface area contributed by atoms with Crippen molar-refractivity contribution in [1.82, 2.24) is 19.9 Å². The Labute approximate surface area is 157 Å². The number of amides is 1. The summed E-state index contributed by atoms with van der Waals surface area (Å²) in [6.07, 6.45) is 1.41. The van der Waals surface area contributed by atoms with Crippen LogP contribution in [0.4, 0.5) is 8.78 Å². The molecule has 2 heterocycles. The van der Waals surface area contributed by atoms with Crippen molar-refractivity contribution in [2.24, 2.45) is 0 Å². The van der Waals surface area contributed by atoms with Gasteiger partial charge in [0.1, 0.15) is 0 Å². The van der Waals surface area contributed by atoms with Gasteiger partial charge in [0.15, 0.2) is 17.5 Å². The highest BCUT2D eigenvalue weighted by Gasteiger charge is 2.24. The van der Waals surface area contributed by atoms with Crippen LogP contribution in [0, 0.1) is 11.6 Å². The molecule has 28 heavy (non-hydrogen) atoms. The van der Waals surface area contributed by atoms with E-state index in [4.69, 9.17) is 0 Å². The van der Waals surface area contributed by atoms with Gasteiger partial charge in [-0.1, -0.05) is 12.1 Å². The molecule has 1 amide bonds. The highest BCUT2D eigenvalue weighted by molar-refractivity contribution is 5.94. The Bertz CT molecular complexity index is 1250. The number of pyridine rings is 1. The lowest BCUT2D eigenvalue weighted by molar-refractivity contribution is 0.0732. The SMILES string of the molecule is CC(c1c[nH]c(=O)c2cc(F)c(F)cc12)N(C)C(=O)c1nc2ccccc2[nH]1. The van der Waals surface area contributed by atoms with Gasteiger partial charge in [-0.25, -0.2) is 13.8 Å². The number of H-pyrrole nitrogens is 2. The van der Waals surface area contributed by atoms with E-state index in [1.165, 1.54) is 11.1 Å². The first-order valence-corrected chi connectivity index (χ1v) is 8.59. The Morgan fingerprint density at radius 3 is 2.54 bits per heavy atom. The molecule has 142 valence electrons. The third-order valence-corrected chi connectivity index (χ3v) is 4.92. The fourth-order valence-electron chi connectivity index (χ4n) is 3.22. The van der Waals surface area contributed by atoms with Gasteiger partial charge >= 0.3 is 0 Å². The number of nitrogens with zero attached hydrogens (tertiary/aromatic N) is 2. The predicted molar refractivity (Wildman–Crippen MR) is 101 cm³/mol. The zero-order valence-corrected chi connectivity index (χ0v) is 15.1. The molecule has 4 aromatic rings. The largest absolute Gasteiger partial charge is 0.334 e. The van der Waals surface area contributed by atoms with E-state index in [2.05, 4.69) is 15.0 Å². The molecule has 0 spiro atoms. The first kappa shape index (κ1) is 17.8. The normalized spacial score (nSPS) is 12.4. The van der Waals surface area contributed by atoms with Gasteiger partial charge in [0.2, 0.25) is 0 Å². The maximum Gasteiger partial charge on any atom is 0.289 e. The van der Waals surface area contributed by atoms with Crippen molar-refractivity contribution >= 4 is 27.7 Å². The summed E-state index contributed by atoms with van der Waals surface area (Å²) in [6, 6.07) is 8.57. The minimum absolute atomic E-state index is 0.0211. The number of benzene rings is 2. The molecule has 0 radical (unpaired) electrons. The number of carbonyl (C=O) groups excluding carboxylic acids is 1. The second-order valence-corrected chi connectivity index (χ2v) is 6.58. The van der Waals surface area contributed by atoms with Crippen LogP contribution >= 0.6 is 0 Å². The smallest absolute Gasteiger partial charge is 0.289 e. The van der Waals surface area contributed by atoms with Crippen LogP contribution in [0.25, 0.3) is 21.8 Å². The highest BCUT2D eigenvalue weighted by Crippen LogP contribution is 2.27. The van der Waals surface area contributed by atoms with Gasteiger partial charge in [-0.3, -0.25) is 9.59 Å². The van der Waals surface area contributed by atoms with Gasteiger partial charge in [0.05, 0.1) is 22.5 Å². The first-order valence-electron chi connectivity index (χ1n) is 8.59. The van der Waals surface area contributed by atoms with E-state index in [1.54, 1.807) is 20.0 Å². The molecule has 0 bridgehead atoms. The molecule has 0 aliphatic carbocycles. The van der Waals surface area contributed by atoms with Crippen LogP contribution in [0.3, 0.4) is 0 Å². The van der Waals surface area contributed by atoms with Crippen LogP contribution in [0.5, 0.6) is 0 Å². The summed E-state index contributed by atoms with van der Waals surface area (Å²) < 4.78 is 27.4. The van der Waals surface area contributed by atoms with Gasteiger partial charge in [-0.2, -0.15) is 0 Å². The topological polar surface area (TPSA) is 81.8 Å². The van der Waals surface area contributed by atoms with Crippen LogP contribution in [0.2, 0.25) is 0 Å². The molecule has 6 nitrogen and oxygen atoms in total. The number of para-hydroxylation sites is 2. The van der Waals surface area contributed by atoms with Gasteiger partial charge < -0.3 is 14.9 Å². The Balaban J connectivity index is 1.75. The lowest BCUT2D eigenvalue weighted by Gasteiger charge is -2.25. The number of aromatic nitrogens is 3. The van der Waals surface area contributed by atoms with Gasteiger partial charge in [0, 0.05) is 13.2 Å². The molecule has 0 aliphatic rings. The number of hydrogen-bond acceptors (Lipinski definition) is 3. The molecular formula is C20H16F2N4O2. The van der Waals surface area contributed by atoms with E-state index in [-0.39, 0.29) is 22.5 Å². The first-order chi connectivity index (χ1) is 13.4. The summed E-state index contributed by atoms with van der Waals surface area (Å²) in [5.41, 5.74) is 1.36. The maximum atomic E-state index is 13.8. The van der Waals surface area contributed by atoms with Crippen LogP contribution < -0.4 is 5.56 Å². The fourth-order valence-corrected chi connectivity index (χ4v) is 3.22. The summed E-state index contributed by atoms with van der Waals surface area (Å²) >= 11 is 0. The second kappa shape index (κ2) is 6.56. The number of carbonyl (C=O) groups is 1. The molecular weight excluding hydrogens is 366 g/mol. The average Bonchev–Trinajstić information content (AvgIpc) is 3.12. The number of halogens is 2. The van der Waals surface area contributed by atoms with Crippen molar-refractivity contribution in [3.63, 3.8) is 0 Å². The van der Waals surface area contributed by atoms with E-state index in [0.717, 1.165) is 17.6 Å². The predicted octanol–water partition coefficient (Wildman–Crippen LogP) is 3.52. The molecule has 0 aliphatic heterocycles. The molecule has 2 aromatic heterocycles. The van der Waals surface area contributed by atoms with Crippen LogP contribution in [0.1, 0.15) is 29.1 Å². The van der Waals surface area contributed by atoms with Crippen LogP contribution in [-0.4, -0.2) is 32.8 Å².